The molecule has 0 saturated heterocycles. The third kappa shape index (κ3) is 2.25. The van der Waals surface area contributed by atoms with Gasteiger partial charge in [0.1, 0.15) is 18.1 Å². The molecule has 2 N–H and O–H groups in total. The van der Waals surface area contributed by atoms with Gasteiger partial charge in [-0.2, -0.15) is 0 Å². The van der Waals surface area contributed by atoms with Crippen LogP contribution in [0.15, 0.2) is 22.7 Å². The highest BCUT2D eigenvalue weighted by atomic mass is 16.5. The van der Waals surface area contributed by atoms with Gasteiger partial charge in [-0.15, -0.1) is 0 Å². The molecular formula is C15H19N3O2. The largest absolute Gasteiger partial charge is 0.490 e. The molecule has 5 heteroatoms. The summed E-state index contributed by atoms with van der Waals surface area (Å²) in [7, 11) is 0. The lowest BCUT2D eigenvalue weighted by molar-refractivity contribution is 0.306. The van der Waals surface area contributed by atoms with Crippen LogP contribution < -0.4 is 15.4 Å². The fourth-order valence-electron chi connectivity index (χ4n) is 2.53. The van der Waals surface area contributed by atoms with Crippen LogP contribution >= 0.6 is 0 Å². The second-order valence-corrected chi connectivity index (χ2v) is 5.08. The summed E-state index contributed by atoms with van der Waals surface area (Å²) in [6, 6.07) is 6.15. The van der Waals surface area contributed by atoms with Crippen LogP contribution in [0.3, 0.4) is 0 Å². The Morgan fingerprint density at radius 3 is 2.90 bits per heavy atom. The molecule has 5 nitrogen and oxygen atoms in total. The van der Waals surface area contributed by atoms with Gasteiger partial charge in [-0.05, 0) is 31.5 Å². The number of hydrogen-bond donors (Lipinski definition) is 1. The maximum absolute atomic E-state index is 5.74. The van der Waals surface area contributed by atoms with Crippen molar-refractivity contribution in [2.24, 2.45) is 5.73 Å². The second-order valence-electron chi connectivity index (χ2n) is 5.08. The third-order valence-corrected chi connectivity index (χ3v) is 3.75. The molecule has 0 spiro atoms. The van der Waals surface area contributed by atoms with E-state index >= 15 is 0 Å². The zero-order valence-corrected chi connectivity index (χ0v) is 11.8. The quantitative estimate of drug-likeness (QED) is 0.928. The standard InChI is InChI=1S/C15H19N3O2/c1-10-13(11(2)20-17-10)9-18-5-6-19-15-7-12(8-16)3-4-14(15)18/h3-4,7H,5-6,8-9,16H2,1-2H3. The molecule has 3 rings (SSSR count). The van der Waals surface area contributed by atoms with E-state index in [4.69, 9.17) is 15.0 Å². The minimum Gasteiger partial charge on any atom is -0.490 e. The van der Waals surface area contributed by atoms with E-state index in [1.165, 1.54) is 0 Å². The Bertz CT molecular complexity index is 602. The van der Waals surface area contributed by atoms with E-state index in [1.807, 2.05) is 26.0 Å². The minimum absolute atomic E-state index is 0.528. The Balaban J connectivity index is 1.90. The van der Waals surface area contributed by atoms with Crippen molar-refractivity contribution in [2.45, 2.75) is 26.9 Å². The van der Waals surface area contributed by atoms with E-state index in [9.17, 15) is 0 Å². The Kier molecular flexibility index (Phi) is 3.36. The summed E-state index contributed by atoms with van der Waals surface area (Å²) in [6.45, 7) is 6.79. The summed E-state index contributed by atoms with van der Waals surface area (Å²) in [6.07, 6.45) is 0. The second kappa shape index (κ2) is 5.17. The molecule has 20 heavy (non-hydrogen) atoms. The molecule has 0 aliphatic carbocycles. The number of aryl methyl sites for hydroxylation is 2. The number of rotatable bonds is 3. The minimum atomic E-state index is 0.528. The first kappa shape index (κ1) is 13.0. The van der Waals surface area contributed by atoms with Crippen molar-refractivity contribution in [1.82, 2.24) is 5.16 Å². The zero-order valence-electron chi connectivity index (χ0n) is 11.8. The average Bonchev–Trinajstić information content (AvgIpc) is 2.79. The molecule has 2 heterocycles. The van der Waals surface area contributed by atoms with Gasteiger partial charge in [0.2, 0.25) is 0 Å². The molecule has 0 unspecified atom stereocenters. The lowest BCUT2D eigenvalue weighted by Gasteiger charge is -2.31. The van der Waals surface area contributed by atoms with Gasteiger partial charge in [0.15, 0.2) is 0 Å². The summed E-state index contributed by atoms with van der Waals surface area (Å²) in [4.78, 5) is 2.30. The van der Waals surface area contributed by atoms with Crippen molar-refractivity contribution in [3.05, 3.63) is 40.8 Å². The number of anilines is 1. The predicted octanol–water partition coefficient (Wildman–Crippen LogP) is 2.15. The van der Waals surface area contributed by atoms with Gasteiger partial charge in [0.05, 0.1) is 17.9 Å². The number of nitrogens with zero attached hydrogens (tertiary/aromatic N) is 2. The Hall–Kier alpha value is -2.01. The van der Waals surface area contributed by atoms with Crippen molar-refractivity contribution in [3.63, 3.8) is 0 Å². The third-order valence-electron chi connectivity index (χ3n) is 3.75. The van der Waals surface area contributed by atoms with Crippen molar-refractivity contribution < 1.29 is 9.26 Å². The van der Waals surface area contributed by atoms with Crippen molar-refractivity contribution in [3.8, 4) is 5.75 Å². The van der Waals surface area contributed by atoms with Gasteiger partial charge < -0.3 is 19.9 Å². The fourth-order valence-corrected chi connectivity index (χ4v) is 2.53. The first-order valence-electron chi connectivity index (χ1n) is 6.81. The van der Waals surface area contributed by atoms with Gasteiger partial charge in [0, 0.05) is 18.7 Å². The number of fused-ring (bicyclic) bond motifs is 1. The molecule has 2 aromatic rings. The molecule has 1 aliphatic heterocycles. The van der Waals surface area contributed by atoms with Gasteiger partial charge >= 0.3 is 0 Å². The average molecular weight is 273 g/mol. The van der Waals surface area contributed by atoms with Crippen LogP contribution in [-0.4, -0.2) is 18.3 Å². The lowest BCUT2D eigenvalue weighted by atomic mass is 10.1. The SMILES string of the molecule is Cc1noc(C)c1CN1CCOc2cc(CN)ccc21. The smallest absolute Gasteiger partial charge is 0.143 e. The number of nitrogens with two attached hydrogens (primary N) is 1. The lowest BCUT2D eigenvalue weighted by Crippen LogP contribution is -2.32. The van der Waals surface area contributed by atoms with Crippen molar-refractivity contribution in [2.75, 3.05) is 18.1 Å². The molecule has 0 radical (unpaired) electrons. The van der Waals surface area contributed by atoms with Gasteiger partial charge in [-0.3, -0.25) is 0 Å². The predicted molar refractivity (Wildman–Crippen MR) is 76.9 cm³/mol. The molecule has 0 amide bonds. The van der Waals surface area contributed by atoms with Crippen LogP contribution in [0, 0.1) is 13.8 Å². The van der Waals surface area contributed by atoms with Crippen molar-refractivity contribution in [1.29, 1.82) is 0 Å². The summed E-state index contributed by atoms with van der Waals surface area (Å²) >= 11 is 0. The topological polar surface area (TPSA) is 64.5 Å². The zero-order chi connectivity index (χ0) is 14.1. The molecule has 1 aliphatic rings. The first-order chi connectivity index (χ1) is 9.69. The first-order valence-corrected chi connectivity index (χ1v) is 6.81. The van der Waals surface area contributed by atoms with Crippen LogP contribution in [0.25, 0.3) is 0 Å². The van der Waals surface area contributed by atoms with Crippen LogP contribution in [-0.2, 0) is 13.1 Å². The van der Waals surface area contributed by atoms with E-state index in [0.717, 1.165) is 47.1 Å². The van der Waals surface area contributed by atoms with E-state index in [0.29, 0.717) is 13.2 Å². The maximum atomic E-state index is 5.74. The van der Waals surface area contributed by atoms with E-state index < -0.39 is 0 Å². The molecule has 0 fully saturated rings. The number of aromatic nitrogens is 1. The van der Waals surface area contributed by atoms with E-state index in [1.54, 1.807) is 0 Å². The monoisotopic (exact) mass is 273 g/mol. The van der Waals surface area contributed by atoms with Gasteiger partial charge in [0.25, 0.3) is 0 Å². The van der Waals surface area contributed by atoms with Gasteiger partial charge in [-0.1, -0.05) is 11.2 Å². The Morgan fingerprint density at radius 2 is 2.20 bits per heavy atom. The molecule has 106 valence electrons. The normalized spacial score (nSPS) is 14.1. The van der Waals surface area contributed by atoms with Crippen molar-refractivity contribution >= 4 is 5.69 Å². The molecule has 0 bridgehead atoms. The van der Waals surface area contributed by atoms with Crippen LogP contribution in [0.5, 0.6) is 5.75 Å². The Morgan fingerprint density at radius 1 is 1.35 bits per heavy atom. The number of ether oxygens (including phenoxy) is 1. The van der Waals surface area contributed by atoms with Crippen LogP contribution in [0.2, 0.25) is 0 Å². The number of hydrogen-bond acceptors (Lipinski definition) is 5. The van der Waals surface area contributed by atoms with E-state index in [2.05, 4.69) is 16.1 Å². The Labute approximate surface area is 118 Å². The summed E-state index contributed by atoms with van der Waals surface area (Å²) in [5, 5.41) is 4.02. The van der Waals surface area contributed by atoms with Gasteiger partial charge in [-0.25, -0.2) is 0 Å². The number of benzene rings is 1. The maximum Gasteiger partial charge on any atom is 0.143 e. The molecule has 1 aromatic carbocycles. The fraction of sp³-hybridized carbons (Fsp3) is 0.400. The molecule has 0 atom stereocenters. The molecular weight excluding hydrogens is 254 g/mol. The summed E-state index contributed by atoms with van der Waals surface area (Å²) < 4.78 is 11.0. The highest BCUT2D eigenvalue weighted by molar-refractivity contribution is 5.61. The molecule has 1 aromatic heterocycles. The van der Waals surface area contributed by atoms with Crippen LogP contribution in [0.4, 0.5) is 5.69 Å². The van der Waals surface area contributed by atoms with Crippen LogP contribution in [0.1, 0.15) is 22.6 Å². The highest BCUT2D eigenvalue weighted by Gasteiger charge is 2.21. The molecule has 0 saturated carbocycles. The summed E-state index contributed by atoms with van der Waals surface area (Å²) in [5.41, 5.74) is 9.97. The van der Waals surface area contributed by atoms with E-state index in [-0.39, 0.29) is 0 Å². The highest BCUT2D eigenvalue weighted by Crippen LogP contribution is 2.34. The summed E-state index contributed by atoms with van der Waals surface area (Å²) in [5.74, 6) is 1.79.